The topological polar surface area (TPSA) is 57.6 Å². The molecule has 0 aromatic heterocycles. The van der Waals surface area contributed by atoms with Gasteiger partial charge in [0.2, 0.25) is 5.91 Å². The zero-order valence-corrected chi connectivity index (χ0v) is 10.6. The van der Waals surface area contributed by atoms with Crippen molar-refractivity contribution >= 4 is 11.9 Å². The standard InChI is InChI=1S/C13H21NO3/c1-4-11(15)14-7-5-13(6-8-14,12(16)17)9-10(2)3/h4,10H,1,5-9H2,2-3H3,(H,16,17). The Labute approximate surface area is 102 Å². The molecule has 1 amide bonds. The number of hydrogen-bond acceptors (Lipinski definition) is 2. The molecule has 1 N–H and O–H groups in total. The Morgan fingerprint density at radius 1 is 1.41 bits per heavy atom. The van der Waals surface area contributed by atoms with Gasteiger partial charge in [0, 0.05) is 13.1 Å². The Balaban J connectivity index is 2.71. The molecule has 0 spiro atoms. The number of carbonyl (C=O) groups is 2. The predicted octanol–water partition coefficient (Wildman–Crippen LogP) is 1.91. The van der Waals surface area contributed by atoms with Crippen LogP contribution in [0.15, 0.2) is 12.7 Å². The van der Waals surface area contributed by atoms with E-state index in [-0.39, 0.29) is 5.91 Å². The first-order valence-corrected chi connectivity index (χ1v) is 6.06. The molecule has 0 unspecified atom stereocenters. The number of carboxylic acids is 1. The SMILES string of the molecule is C=CC(=O)N1CCC(CC(C)C)(C(=O)O)CC1. The molecule has 17 heavy (non-hydrogen) atoms. The van der Waals surface area contributed by atoms with Gasteiger partial charge in [0.15, 0.2) is 0 Å². The van der Waals surface area contributed by atoms with Crippen LogP contribution >= 0.6 is 0 Å². The van der Waals surface area contributed by atoms with Crippen LogP contribution in [0.4, 0.5) is 0 Å². The number of hydrogen-bond donors (Lipinski definition) is 1. The normalized spacial score (nSPS) is 19.1. The minimum Gasteiger partial charge on any atom is -0.481 e. The molecule has 0 aromatic rings. The van der Waals surface area contributed by atoms with Crippen LogP contribution in [0, 0.1) is 11.3 Å². The highest BCUT2D eigenvalue weighted by molar-refractivity contribution is 5.87. The number of amides is 1. The van der Waals surface area contributed by atoms with E-state index in [2.05, 4.69) is 6.58 Å². The van der Waals surface area contributed by atoms with Gasteiger partial charge in [0.1, 0.15) is 0 Å². The molecule has 0 saturated carbocycles. The Morgan fingerprint density at radius 3 is 2.29 bits per heavy atom. The van der Waals surface area contributed by atoms with Crippen LogP contribution in [0.2, 0.25) is 0 Å². The minimum atomic E-state index is -0.725. The highest BCUT2D eigenvalue weighted by Gasteiger charge is 2.42. The van der Waals surface area contributed by atoms with E-state index in [4.69, 9.17) is 0 Å². The molecule has 96 valence electrons. The zero-order valence-electron chi connectivity index (χ0n) is 10.6. The predicted molar refractivity (Wildman–Crippen MR) is 65.5 cm³/mol. The third-order valence-corrected chi connectivity index (χ3v) is 3.46. The molecule has 4 nitrogen and oxygen atoms in total. The van der Waals surface area contributed by atoms with Crippen molar-refractivity contribution in [2.24, 2.45) is 11.3 Å². The van der Waals surface area contributed by atoms with Gasteiger partial charge in [-0.1, -0.05) is 20.4 Å². The van der Waals surface area contributed by atoms with Gasteiger partial charge in [-0.05, 0) is 31.3 Å². The number of piperidine rings is 1. The van der Waals surface area contributed by atoms with Crippen molar-refractivity contribution in [1.29, 1.82) is 0 Å². The first kappa shape index (κ1) is 13.7. The van der Waals surface area contributed by atoms with Crippen molar-refractivity contribution in [3.63, 3.8) is 0 Å². The van der Waals surface area contributed by atoms with Crippen LogP contribution in [0.25, 0.3) is 0 Å². The molecule has 1 rings (SSSR count). The Morgan fingerprint density at radius 2 is 1.94 bits per heavy atom. The minimum absolute atomic E-state index is 0.103. The van der Waals surface area contributed by atoms with Gasteiger partial charge in [-0.25, -0.2) is 0 Å². The van der Waals surface area contributed by atoms with Gasteiger partial charge >= 0.3 is 5.97 Å². The summed E-state index contributed by atoms with van der Waals surface area (Å²) in [6.45, 7) is 8.55. The highest BCUT2D eigenvalue weighted by Crippen LogP contribution is 2.38. The van der Waals surface area contributed by atoms with E-state index >= 15 is 0 Å². The monoisotopic (exact) mass is 239 g/mol. The summed E-state index contributed by atoms with van der Waals surface area (Å²) in [5, 5.41) is 9.40. The van der Waals surface area contributed by atoms with Crippen LogP contribution in [0.5, 0.6) is 0 Å². The van der Waals surface area contributed by atoms with Gasteiger partial charge < -0.3 is 10.0 Å². The van der Waals surface area contributed by atoms with E-state index in [9.17, 15) is 14.7 Å². The molecule has 1 fully saturated rings. The van der Waals surface area contributed by atoms with Gasteiger partial charge in [0.05, 0.1) is 5.41 Å². The Bertz CT molecular complexity index is 315. The fourth-order valence-electron chi connectivity index (χ4n) is 2.57. The Kier molecular flexibility index (Phi) is 4.32. The largest absolute Gasteiger partial charge is 0.481 e. The first-order valence-electron chi connectivity index (χ1n) is 6.06. The average Bonchev–Trinajstić information content (AvgIpc) is 2.28. The average molecular weight is 239 g/mol. The number of nitrogens with zero attached hydrogens (tertiary/aromatic N) is 1. The number of likely N-dealkylation sites (tertiary alicyclic amines) is 1. The molecule has 0 atom stereocenters. The van der Waals surface area contributed by atoms with Crippen LogP contribution in [0.3, 0.4) is 0 Å². The number of carbonyl (C=O) groups excluding carboxylic acids is 1. The second-order valence-corrected chi connectivity index (χ2v) is 5.21. The molecule has 4 heteroatoms. The fourth-order valence-corrected chi connectivity index (χ4v) is 2.57. The van der Waals surface area contributed by atoms with E-state index in [1.807, 2.05) is 13.8 Å². The quantitative estimate of drug-likeness (QED) is 0.762. The molecule has 0 aliphatic carbocycles. The van der Waals surface area contributed by atoms with Gasteiger partial charge in [-0.3, -0.25) is 9.59 Å². The molecule has 1 heterocycles. The molecular formula is C13H21NO3. The van der Waals surface area contributed by atoms with Gasteiger partial charge in [0.25, 0.3) is 0 Å². The third kappa shape index (κ3) is 3.08. The fraction of sp³-hybridized carbons (Fsp3) is 0.692. The summed E-state index contributed by atoms with van der Waals surface area (Å²) >= 11 is 0. The summed E-state index contributed by atoms with van der Waals surface area (Å²) in [4.78, 5) is 24.5. The lowest BCUT2D eigenvalue weighted by molar-refractivity contribution is -0.155. The van der Waals surface area contributed by atoms with Crippen LogP contribution in [0.1, 0.15) is 33.1 Å². The van der Waals surface area contributed by atoms with Crippen molar-refractivity contribution in [2.75, 3.05) is 13.1 Å². The Hall–Kier alpha value is -1.32. The lowest BCUT2D eigenvalue weighted by atomic mass is 9.73. The summed E-state index contributed by atoms with van der Waals surface area (Å²) < 4.78 is 0. The second-order valence-electron chi connectivity index (χ2n) is 5.21. The smallest absolute Gasteiger partial charge is 0.309 e. The molecule has 1 saturated heterocycles. The van der Waals surface area contributed by atoms with E-state index in [1.54, 1.807) is 4.90 Å². The number of aliphatic carboxylic acids is 1. The van der Waals surface area contributed by atoms with Crippen molar-refractivity contribution in [2.45, 2.75) is 33.1 Å². The molecule has 0 radical (unpaired) electrons. The summed E-state index contributed by atoms with van der Waals surface area (Å²) in [5.74, 6) is -0.474. The maximum absolute atomic E-state index is 11.4. The maximum atomic E-state index is 11.4. The second kappa shape index (κ2) is 5.34. The van der Waals surface area contributed by atoms with Crippen LogP contribution < -0.4 is 0 Å². The van der Waals surface area contributed by atoms with Crippen LogP contribution in [-0.4, -0.2) is 35.0 Å². The lowest BCUT2D eigenvalue weighted by Gasteiger charge is -2.39. The first-order chi connectivity index (χ1) is 7.91. The maximum Gasteiger partial charge on any atom is 0.309 e. The molecule has 0 aromatic carbocycles. The number of carboxylic acid groups (broad SMARTS) is 1. The third-order valence-electron chi connectivity index (χ3n) is 3.46. The molecule has 1 aliphatic heterocycles. The van der Waals surface area contributed by atoms with Gasteiger partial charge in [-0.2, -0.15) is 0 Å². The van der Waals surface area contributed by atoms with E-state index in [0.29, 0.717) is 38.3 Å². The zero-order chi connectivity index (χ0) is 13.1. The molecule has 0 bridgehead atoms. The van der Waals surface area contributed by atoms with E-state index < -0.39 is 11.4 Å². The summed E-state index contributed by atoms with van der Waals surface area (Å²) in [5.41, 5.74) is -0.647. The number of rotatable bonds is 4. The molecular weight excluding hydrogens is 218 g/mol. The van der Waals surface area contributed by atoms with Crippen molar-refractivity contribution in [3.05, 3.63) is 12.7 Å². The van der Waals surface area contributed by atoms with Crippen molar-refractivity contribution in [1.82, 2.24) is 4.90 Å². The lowest BCUT2D eigenvalue weighted by Crippen LogP contribution is -2.46. The van der Waals surface area contributed by atoms with Crippen molar-refractivity contribution < 1.29 is 14.7 Å². The molecule has 1 aliphatic rings. The van der Waals surface area contributed by atoms with E-state index in [1.165, 1.54) is 6.08 Å². The van der Waals surface area contributed by atoms with Crippen LogP contribution in [-0.2, 0) is 9.59 Å². The summed E-state index contributed by atoms with van der Waals surface area (Å²) in [6, 6.07) is 0. The van der Waals surface area contributed by atoms with Crippen molar-refractivity contribution in [3.8, 4) is 0 Å². The highest BCUT2D eigenvalue weighted by atomic mass is 16.4. The summed E-state index contributed by atoms with van der Waals surface area (Å²) in [6.07, 6.45) is 3.05. The van der Waals surface area contributed by atoms with Gasteiger partial charge in [-0.15, -0.1) is 0 Å². The summed E-state index contributed by atoms with van der Waals surface area (Å²) in [7, 11) is 0. The van der Waals surface area contributed by atoms with E-state index in [0.717, 1.165) is 0 Å².